The molecule has 8 nitrogen and oxygen atoms in total. The van der Waals surface area contributed by atoms with Gasteiger partial charge in [-0.1, -0.05) is 0 Å². The number of hydrogen-bond acceptors (Lipinski definition) is 8. The Bertz CT molecular complexity index is 261. The van der Waals surface area contributed by atoms with Gasteiger partial charge in [0.25, 0.3) is 0 Å². The van der Waals surface area contributed by atoms with E-state index in [1.807, 2.05) is 0 Å². The molecule has 0 amide bonds. The van der Waals surface area contributed by atoms with Crippen molar-refractivity contribution in [1.82, 2.24) is 0 Å². The summed E-state index contributed by atoms with van der Waals surface area (Å²) in [6.07, 6.45) is -2.78. The van der Waals surface area contributed by atoms with Gasteiger partial charge in [0.1, 0.15) is 6.10 Å². The van der Waals surface area contributed by atoms with Crippen LogP contribution in [0.5, 0.6) is 0 Å². The van der Waals surface area contributed by atoms with Gasteiger partial charge in [0.2, 0.25) is 5.76 Å². The molecule has 1 heterocycles. The van der Waals surface area contributed by atoms with Crippen molar-refractivity contribution < 1.29 is 39.8 Å². The van der Waals surface area contributed by atoms with E-state index in [0.717, 1.165) is 0 Å². The second kappa shape index (κ2) is 10.8. The molecule has 0 saturated carbocycles. The lowest BCUT2D eigenvalue weighted by atomic mass is 10.2. The molecule has 1 aliphatic heterocycles. The Morgan fingerprint density at radius 1 is 1.33 bits per heavy atom. The normalized spacial score (nSPS) is 19.2. The number of ether oxygens (including phenoxy) is 2. The number of methoxy groups -OCH3 is 1. The highest BCUT2D eigenvalue weighted by Crippen LogP contribution is 2.20. The molecule has 0 aromatic heterocycles. The Labute approximate surface area is 105 Å². The predicted octanol–water partition coefficient (Wildman–Crippen LogP) is -1.15. The largest absolute Gasteiger partial charge is 0.505 e. The Balaban J connectivity index is 0. The second-order valence-corrected chi connectivity index (χ2v) is 3.03. The van der Waals surface area contributed by atoms with Crippen molar-refractivity contribution in [2.75, 3.05) is 27.4 Å². The number of aliphatic hydroxyl groups excluding tert-OH is 5. The van der Waals surface area contributed by atoms with E-state index in [9.17, 15) is 4.79 Å². The number of carbonyl (C=O) groups is 1. The zero-order chi connectivity index (χ0) is 14.7. The van der Waals surface area contributed by atoms with E-state index in [1.54, 1.807) is 21.1 Å². The molecule has 0 bridgehead atoms. The van der Waals surface area contributed by atoms with Gasteiger partial charge in [-0.25, -0.2) is 4.79 Å². The molecule has 0 spiro atoms. The van der Waals surface area contributed by atoms with Crippen LogP contribution in [0.1, 0.15) is 6.92 Å². The third-order valence-corrected chi connectivity index (χ3v) is 1.48. The Morgan fingerprint density at radius 2 is 1.72 bits per heavy atom. The van der Waals surface area contributed by atoms with E-state index in [2.05, 4.69) is 9.47 Å². The number of rotatable bonds is 2. The van der Waals surface area contributed by atoms with E-state index in [1.165, 1.54) is 0 Å². The fourth-order valence-electron chi connectivity index (χ4n) is 0.823. The molecule has 5 N–H and O–H groups in total. The quantitative estimate of drug-likeness (QED) is 0.396. The highest BCUT2D eigenvalue weighted by atomic mass is 16.6. The molecule has 18 heavy (non-hydrogen) atoms. The molecule has 0 radical (unpaired) electrons. The van der Waals surface area contributed by atoms with E-state index in [0.29, 0.717) is 0 Å². The average Bonchev–Trinajstić information content (AvgIpc) is 2.58. The molecule has 0 aromatic carbocycles. The van der Waals surface area contributed by atoms with Crippen LogP contribution in [-0.2, 0) is 14.3 Å². The maximum atomic E-state index is 10.5. The van der Waals surface area contributed by atoms with Gasteiger partial charge in [0, 0.05) is 20.8 Å². The number of esters is 1. The van der Waals surface area contributed by atoms with Crippen molar-refractivity contribution in [3.63, 3.8) is 0 Å². The number of cyclic esters (lactones) is 1. The fraction of sp³-hybridized carbons (Fsp3) is 0.700. The molecule has 0 fully saturated rings. The van der Waals surface area contributed by atoms with Crippen LogP contribution >= 0.6 is 0 Å². The maximum absolute atomic E-state index is 10.5. The molecular formula is C10H20O8. The number of hydrogen-bond donors (Lipinski definition) is 5. The molecule has 2 atom stereocenters. The first kappa shape index (κ1) is 19.0. The topological polar surface area (TPSA) is 137 Å². The first-order valence-corrected chi connectivity index (χ1v) is 5.04. The van der Waals surface area contributed by atoms with E-state index in [4.69, 9.17) is 25.5 Å². The zero-order valence-corrected chi connectivity index (χ0v) is 10.5. The molecule has 0 aromatic rings. The van der Waals surface area contributed by atoms with Gasteiger partial charge in [-0.15, -0.1) is 0 Å². The van der Waals surface area contributed by atoms with Gasteiger partial charge in [0.05, 0.1) is 6.61 Å². The van der Waals surface area contributed by atoms with Crippen LogP contribution in [0, 0.1) is 0 Å². The van der Waals surface area contributed by atoms with Crippen molar-refractivity contribution in [2.24, 2.45) is 0 Å². The molecule has 0 saturated heterocycles. The summed E-state index contributed by atoms with van der Waals surface area (Å²) in [6, 6.07) is 0. The van der Waals surface area contributed by atoms with Gasteiger partial charge in [0.15, 0.2) is 11.9 Å². The van der Waals surface area contributed by atoms with Crippen LogP contribution in [0.2, 0.25) is 0 Å². The van der Waals surface area contributed by atoms with Crippen LogP contribution in [-0.4, -0.2) is 71.1 Å². The minimum Gasteiger partial charge on any atom is -0.505 e. The van der Waals surface area contributed by atoms with Crippen LogP contribution in [0.4, 0.5) is 0 Å². The number of carbonyl (C=O) groups excluding carboxylic acids is 1. The molecule has 108 valence electrons. The highest BCUT2D eigenvalue weighted by molar-refractivity contribution is 5.89. The van der Waals surface area contributed by atoms with Gasteiger partial charge in [-0.2, -0.15) is 0 Å². The molecule has 0 aliphatic carbocycles. The molecular weight excluding hydrogens is 248 g/mol. The standard InChI is InChI=1S/C6H8O6.2C2H6O/c7-1-2(8)5-3(9)4(10)6(11)12-5;1-3-2;1-2-3/h2,5,7-10H,1H2;1-2H3;3H,2H2,1H3/t2-,5+;;/m0../s1. The lowest BCUT2D eigenvalue weighted by Gasteiger charge is -2.13. The zero-order valence-electron chi connectivity index (χ0n) is 10.5. The lowest BCUT2D eigenvalue weighted by molar-refractivity contribution is -0.147. The molecule has 1 aliphatic rings. The van der Waals surface area contributed by atoms with Gasteiger partial charge >= 0.3 is 5.97 Å². The monoisotopic (exact) mass is 268 g/mol. The van der Waals surface area contributed by atoms with Crippen molar-refractivity contribution >= 4 is 5.97 Å². The Morgan fingerprint density at radius 3 is 1.94 bits per heavy atom. The second-order valence-electron chi connectivity index (χ2n) is 3.03. The molecule has 0 unspecified atom stereocenters. The summed E-state index contributed by atoms with van der Waals surface area (Å²) in [5.74, 6) is -2.78. The summed E-state index contributed by atoms with van der Waals surface area (Å²) in [4.78, 5) is 10.5. The van der Waals surface area contributed by atoms with E-state index in [-0.39, 0.29) is 6.61 Å². The first-order chi connectivity index (χ1) is 8.40. The SMILES string of the molecule is CCO.COC.O=C1O[C@H]([C@@H](O)CO)C(O)=C1O. The predicted molar refractivity (Wildman–Crippen MR) is 60.9 cm³/mol. The third kappa shape index (κ3) is 6.40. The van der Waals surface area contributed by atoms with Crippen molar-refractivity contribution in [1.29, 1.82) is 0 Å². The molecule has 8 heteroatoms. The van der Waals surface area contributed by atoms with Crippen LogP contribution in [0.25, 0.3) is 0 Å². The Kier molecular flexibility index (Phi) is 11.4. The van der Waals surface area contributed by atoms with E-state index >= 15 is 0 Å². The summed E-state index contributed by atoms with van der Waals surface area (Å²) in [7, 11) is 3.25. The number of aliphatic hydroxyl groups is 5. The van der Waals surface area contributed by atoms with Crippen LogP contribution in [0.15, 0.2) is 11.5 Å². The summed E-state index contributed by atoms with van der Waals surface area (Å²) in [5.41, 5.74) is 0. The van der Waals surface area contributed by atoms with Gasteiger partial charge in [-0.05, 0) is 6.92 Å². The van der Waals surface area contributed by atoms with Crippen LogP contribution < -0.4 is 0 Å². The fourth-order valence-corrected chi connectivity index (χ4v) is 0.823. The maximum Gasteiger partial charge on any atom is 0.377 e. The summed E-state index contributed by atoms with van der Waals surface area (Å²) < 4.78 is 8.57. The summed E-state index contributed by atoms with van der Waals surface area (Å²) in [6.45, 7) is 1.26. The minimum atomic E-state index is -1.42. The lowest BCUT2D eigenvalue weighted by Crippen LogP contribution is -2.31. The first-order valence-electron chi connectivity index (χ1n) is 5.04. The van der Waals surface area contributed by atoms with Crippen molar-refractivity contribution in [2.45, 2.75) is 19.1 Å². The van der Waals surface area contributed by atoms with Crippen LogP contribution in [0.3, 0.4) is 0 Å². The molecule has 1 rings (SSSR count). The van der Waals surface area contributed by atoms with E-state index < -0.39 is 36.3 Å². The van der Waals surface area contributed by atoms with Gasteiger partial charge in [-0.3, -0.25) is 0 Å². The van der Waals surface area contributed by atoms with Crippen molar-refractivity contribution in [3.8, 4) is 0 Å². The average molecular weight is 268 g/mol. The van der Waals surface area contributed by atoms with Crippen molar-refractivity contribution in [3.05, 3.63) is 11.5 Å². The van der Waals surface area contributed by atoms with Gasteiger partial charge < -0.3 is 35.0 Å². The smallest absolute Gasteiger partial charge is 0.377 e. The summed E-state index contributed by atoms with van der Waals surface area (Å²) >= 11 is 0. The highest BCUT2D eigenvalue weighted by Gasteiger charge is 2.38. The minimum absolute atomic E-state index is 0.250. The summed E-state index contributed by atoms with van der Waals surface area (Å²) in [5, 5.41) is 42.6. The Hall–Kier alpha value is -1.35. The third-order valence-electron chi connectivity index (χ3n) is 1.48.